The molecule has 0 saturated carbocycles. The third-order valence-corrected chi connectivity index (χ3v) is 7.65. The SMILES string of the molecule is Nc1ccc(C2CCN(CC3COC4(CCN(c5ccccc5)CC4)C3)CC2)c(F)c1. The Kier molecular flexibility index (Phi) is 5.89. The van der Waals surface area contributed by atoms with Crippen molar-refractivity contribution in [3.63, 3.8) is 0 Å². The lowest BCUT2D eigenvalue weighted by Crippen LogP contribution is -2.44. The van der Waals surface area contributed by atoms with Crippen molar-refractivity contribution in [2.45, 2.75) is 43.6 Å². The summed E-state index contributed by atoms with van der Waals surface area (Å²) in [6, 6.07) is 15.9. The van der Waals surface area contributed by atoms with Gasteiger partial charge in [0.2, 0.25) is 0 Å². The smallest absolute Gasteiger partial charge is 0.128 e. The second-order valence-electron chi connectivity index (χ2n) is 9.74. The highest BCUT2D eigenvalue weighted by molar-refractivity contribution is 5.46. The highest BCUT2D eigenvalue weighted by Crippen LogP contribution is 2.40. The molecule has 2 aromatic carbocycles. The van der Waals surface area contributed by atoms with Gasteiger partial charge in [-0.1, -0.05) is 24.3 Å². The van der Waals surface area contributed by atoms with Crippen molar-refractivity contribution in [3.8, 4) is 0 Å². The van der Waals surface area contributed by atoms with Crippen LogP contribution in [0.1, 0.15) is 43.6 Å². The van der Waals surface area contributed by atoms with Crippen molar-refractivity contribution in [1.82, 2.24) is 4.90 Å². The molecular weight excluding hydrogens is 389 g/mol. The first-order valence-electron chi connectivity index (χ1n) is 11.8. The maximum Gasteiger partial charge on any atom is 0.128 e. The number of nitrogens with zero attached hydrogens (tertiary/aromatic N) is 2. The van der Waals surface area contributed by atoms with Gasteiger partial charge in [0.05, 0.1) is 12.2 Å². The molecule has 1 spiro atoms. The van der Waals surface area contributed by atoms with Gasteiger partial charge in [-0.2, -0.15) is 0 Å². The normalized spacial score (nSPS) is 24.7. The van der Waals surface area contributed by atoms with E-state index < -0.39 is 0 Å². The first-order chi connectivity index (χ1) is 15.1. The largest absolute Gasteiger partial charge is 0.399 e. The molecule has 2 N–H and O–H groups in total. The summed E-state index contributed by atoms with van der Waals surface area (Å²) in [7, 11) is 0. The van der Waals surface area contributed by atoms with Crippen molar-refractivity contribution in [2.75, 3.05) is 50.0 Å². The summed E-state index contributed by atoms with van der Waals surface area (Å²) in [5, 5.41) is 0. The molecule has 0 amide bonds. The molecule has 3 fully saturated rings. The lowest BCUT2D eigenvalue weighted by molar-refractivity contribution is -0.0155. The molecule has 166 valence electrons. The molecule has 0 aromatic heterocycles. The summed E-state index contributed by atoms with van der Waals surface area (Å²) < 4.78 is 20.7. The van der Waals surface area contributed by atoms with Crippen LogP contribution in [0.2, 0.25) is 0 Å². The minimum atomic E-state index is -0.147. The van der Waals surface area contributed by atoms with Crippen LogP contribution in [0.15, 0.2) is 48.5 Å². The minimum absolute atomic E-state index is 0.0847. The first kappa shape index (κ1) is 20.8. The number of nitrogens with two attached hydrogens (primary N) is 1. The summed E-state index contributed by atoms with van der Waals surface area (Å²) in [6.45, 7) is 6.24. The number of likely N-dealkylation sites (tertiary alicyclic amines) is 1. The summed E-state index contributed by atoms with van der Waals surface area (Å²) in [6.07, 6.45) is 5.47. The molecule has 2 aromatic rings. The van der Waals surface area contributed by atoms with E-state index >= 15 is 0 Å². The number of piperidine rings is 2. The van der Waals surface area contributed by atoms with Crippen LogP contribution < -0.4 is 10.6 Å². The Bertz CT molecular complexity index is 873. The van der Waals surface area contributed by atoms with Crippen LogP contribution in [0.3, 0.4) is 0 Å². The molecule has 3 heterocycles. The molecule has 31 heavy (non-hydrogen) atoms. The van der Waals surface area contributed by atoms with Gasteiger partial charge >= 0.3 is 0 Å². The van der Waals surface area contributed by atoms with Crippen LogP contribution in [-0.4, -0.2) is 49.8 Å². The van der Waals surface area contributed by atoms with Gasteiger partial charge in [0, 0.05) is 31.0 Å². The van der Waals surface area contributed by atoms with E-state index in [1.54, 1.807) is 0 Å². The van der Waals surface area contributed by atoms with Gasteiger partial charge < -0.3 is 20.3 Å². The molecule has 5 heteroatoms. The summed E-state index contributed by atoms with van der Waals surface area (Å²) in [5.74, 6) is 0.782. The van der Waals surface area contributed by atoms with Gasteiger partial charge in [-0.25, -0.2) is 4.39 Å². The second kappa shape index (κ2) is 8.79. The molecule has 0 bridgehead atoms. The number of hydrogen-bond acceptors (Lipinski definition) is 4. The zero-order chi connectivity index (χ0) is 21.3. The van der Waals surface area contributed by atoms with Gasteiger partial charge in [0.15, 0.2) is 0 Å². The molecule has 1 unspecified atom stereocenters. The van der Waals surface area contributed by atoms with Gasteiger partial charge in [-0.3, -0.25) is 0 Å². The zero-order valence-electron chi connectivity index (χ0n) is 18.3. The molecule has 4 nitrogen and oxygen atoms in total. The van der Waals surface area contributed by atoms with Gasteiger partial charge in [-0.15, -0.1) is 0 Å². The van der Waals surface area contributed by atoms with E-state index in [1.807, 2.05) is 12.1 Å². The predicted molar refractivity (Wildman–Crippen MR) is 124 cm³/mol. The standard InChI is InChI=1S/C26H34FN3O/c27-25-16-22(28)6-7-24(25)21-8-12-29(13-9-21)18-20-17-26(31-19-20)10-14-30(15-11-26)23-4-2-1-3-5-23/h1-7,16,20-21H,8-15,17-19,28H2. The van der Waals surface area contributed by atoms with E-state index in [1.165, 1.54) is 18.2 Å². The Morgan fingerprint density at radius 3 is 2.45 bits per heavy atom. The Labute approximate surface area is 185 Å². The first-order valence-corrected chi connectivity index (χ1v) is 11.8. The number of anilines is 2. The van der Waals surface area contributed by atoms with Crippen molar-refractivity contribution >= 4 is 11.4 Å². The van der Waals surface area contributed by atoms with E-state index in [-0.39, 0.29) is 11.4 Å². The zero-order valence-corrected chi connectivity index (χ0v) is 18.3. The topological polar surface area (TPSA) is 41.7 Å². The molecule has 0 aliphatic carbocycles. The average Bonchev–Trinajstić information content (AvgIpc) is 3.17. The summed E-state index contributed by atoms with van der Waals surface area (Å²) >= 11 is 0. The number of hydrogen-bond donors (Lipinski definition) is 1. The van der Waals surface area contributed by atoms with E-state index in [4.69, 9.17) is 10.5 Å². The van der Waals surface area contributed by atoms with Gasteiger partial charge in [-0.05, 0) is 86.9 Å². The summed E-state index contributed by atoms with van der Waals surface area (Å²) in [4.78, 5) is 5.06. The van der Waals surface area contributed by atoms with Crippen molar-refractivity contribution in [1.29, 1.82) is 0 Å². The van der Waals surface area contributed by atoms with Crippen LogP contribution in [0.4, 0.5) is 15.8 Å². The number of benzene rings is 2. The van der Waals surface area contributed by atoms with Gasteiger partial charge in [0.25, 0.3) is 0 Å². The third-order valence-electron chi connectivity index (χ3n) is 7.65. The number of ether oxygens (including phenoxy) is 1. The molecule has 0 radical (unpaired) electrons. The lowest BCUT2D eigenvalue weighted by atomic mass is 9.84. The van der Waals surface area contributed by atoms with Crippen molar-refractivity contribution < 1.29 is 9.13 Å². The van der Waals surface area contributed by atoms with E-state index in [2.05, 4.69) is 40.1 Å². The second-order valence-corrected chi connectivity index (χ2v) is 9.74. The monoisotopic (exact) mass is 423 g/mol. The fourth-order valence-corrected chi connectivity index (χ4v) is 5.88. The van der Waals surface area contributed by atoms with E-state index in [0.29, 0.717) is 17.5 Å². The molecule has 5 rings (SSSR count). The third kappa shape index (κ3) is 4.58. The Morgan fingerprint density at radius 1 is 1.00 bits per heavy atom. The number of nitrogen functional groups attached to an aromatic ring is 1. The van der Waals surface area contributed by atoms with Gasteiger partial charge in [0.1, 0.15) is 5.82 Å². The summed E-state index contributed by atoms with van der Waals surface area (Å²) in [5.41, 5.74) is 8.45. The lowest BCUT2D eigenvalue weighted by Gasteiger charge is -2.40. The van der Waals surface area contributed by atoms with Crippen LogP contribution in [0.5, 0.6) is 0 Å². The molecule has 3 saturated heterocycles. The molecular formula is C26H34FN3O. The highest BCUT2D eigenvalue weighted by Gasteiger charge is 2.43. The average molecular weight is 424 g/mol. The van der Waals surface area contributed by atoms with Crippen LogP contribution >= 0.6 is 0 Å². The van der Waals surface area contributed by atoms with E-state index in [9.17, 15) is 4.39 Å². The number of para-hydroxylation sites is 1. The molecule has 1 atom stereocenters. The fraction of sp³-hybridized carbons (Fsp3) is 0.538. The Morgan fingerprint density at radius 2 is 1.74 bits per heavy atom. The van der Waals surface area contributed by atoms with Crippen LogP contribution in [-0.2, 0) is 4.74 Å². The quantitative estimate of drug-likeness (QED) is 0.726. The van der Waals surface area contributed by atoms with Crippen molar-refractivity contribution in [3.05, 3.63) is 59.9 Å². The van der Waals surface area contributed by atoms with Crippen molar-refractivity contribution in [2.24, 2.45) is 5.92 Å². The fourth-order valence-electron chi connectivity index (χ4n) is 5.88. The van der Waals surface area contributed by atoms with Crippen LogP contribution in [0, 0.1) is 11.7 Å². The number of halogens is 1. The minimum Gasteiger partial charge on any atom is -0.399 e. The highest BCUT2D eigenvalue weighted by atomic mass is 19.1. The maximum atomic E-state index is 14.3. The van der Waals surface area contributed by atoms with E-state index in [0.717, 1.165) is 70.6 Å². The Balaban J connectivity index is 1.10. The predicted octanol–water partition coefficient (Wildman–Crippen LogP) is 4.66. The molecule has 3 aliphatic heterocycles. The Hall–Kier alpha value is -2.11. The van der Waals surface area contributed by atoms with Crippen LogP contribution in [0.25, 0.3) is 0 Å². The maximum absolute atomic E-state index is 14.3. The molecule has 3 aliphatic rings. The number of rotatable bonds is 4.